The first-order chi connectivity index (χ1) is 33.0. The lowest BCUT2D eigenvalue weighted by Gasteiger charge is -2.49. The van der Waals surface area contributed by atoms with Gasteiger partial charge in [0, 0.05) is 49.2 Å². The van der Waals surface area contributed by atoms with E-state index in [1.165, 1.54) is 51.0 Å². The fourth-order valence-electron chi connectivity index (χ4n) is 12.8. The van der Waals surface area contributed by atoms with E-state index >= 15 is 0 Å². The van der Waals surface area contributed by atoms with E-state index in [0.29, 0.717) is 29.4 Å². The largest absolute Gasteiger partial charge is 0.308 e. The molecule has 3 aromatic heterocycles. The van der Waals surface area contributed by atoms with Crippen LogP contribution in [0.2, 0.25) is 0 Å². The molecule has 324 valence electrons. The summed E-state index contributed by atoms with van der Waals surface area (Å²) in [5.74, 6) is 4.19. The first-order valence-corrected chi connectivity index (χ1v) is 24.1. The predicted molar refractivity (Wildman–Crippen MR) is 277 cm³/mol. The first kappa shape index (κ1) is 39.7. The zero-order chi connectivity index (χ0) is 44.6. The summed E-state index contributed by atoms with van der Waals surface area (Å²) in [6.45, 7) is 4.90. The molecule has 2 aliphatic rings. The molecule has 8 aromatic carbocycles. The minimum absolute atomic E-state index is 0.154. The Morgan fingerprint density at radius 3 is 1.52 bits per heavy atom. The third-order valence-electron chi connectivity index (χ3n) is 15.1. The summed E-state index contributed by atoms with van der Waals surface area (Å²) in [5.41, 5.74) is 13.2. The molecule has 0 aliphatic heterocycles. The van der Waals surface area contributed by atoms with Gasteiger partial charge in [0.05, 0.1) is 33.4 Å². The van der Waals surface area contributed by atoms with Gasteiger partial charge in [-0.05, 0) is 97.4 Å². The van der Waals surface area contributed by atoms with Crippen molar-refractivity contribution in [1.29, 1.82) is 0 Å². The fraction of sp³-hybridized carbons (Fsp3) is 0.177. The predicted octanol–water partition coefficient (Wildman–Crippen LogP) is 15.8. The Morgan fingerprint density at radius 1 is 0.403 bits per heavy atom. The molecule has 0 amide bonds. The highest BCUT2D eigenvalue weighted by molar-refractivity contribution is 6.14. The molecule has 2 unspecified atom stereocenters. The van der Waals surface area contributed by atoms with Crippen LogP contribution in [-0.2, 0) is 5.41 Å². The SMILES string of the molecule is C[C@@H]1CC2C[C@H](C)CC(c3nc(-c4ccccc4-n4c5ccccc5c5cccc(-c6ccccc6)c54)nc(-c4cccc(-c5ccccc5)c4-n4c5ccccc5c5ccccc54)n3)(C2)C1. The molecule has 5 heteroatoms. The van der Waals surface area contributed by atoms with Gasteiger partial charge in [0.15, 0.2) is 11.6 Å². The Labute approximate surface area is 391 Å². The van der Waals surface area contributed by atoms with Crippen molar-refractivity contribution < 1.29 is 0 Å². The van der Waals surface area contributed by atoms with E-state index in [2.05, 4.69) is 217 Å². The number of hydrogen-bond donors (Lipinski definition) is 0. The Hall–Kier alpha value is -7.63. The van der Waals surface area contributed by atoms with E-state index in [4.69, 9.17) is 15.0 Å². The Morgan fingerprint density at radius 2 is 0.866 bits per heavy atom. The van der Waals surface area contributed by atoms with Crippen molar-refractivity contribution in [3.05, 3.63) is 200 Å². The van der Waals surface area contributed by atoms with Crippen molar-refractivity contribution >= 4 is 43.6 Å². The number of fused-ring (bicyclic) bond motifs is 8. The number of nitrogens with zero attached hydrogens (tertiary/aromatic N) is 5. The van der Waals surface area contributed by atoms with Crippen LogP contribution >= 0.6 is 0 Å². The molecule has 0 spiro atoms. The van der Waals surface area contributed by atoms with Gasteiger partial charge in [0.2, 0.25) is 0 Å². The van der Waals surface area contributed by atoms with E-state index in [9.17, 15) is 0 Å². The van der Waals surface area contributed by atoms with Crippen LogP contribution in [0, 0.1) is 17.8 Å². The van der Waals surface area contributed by atoms with E-state index in [1.54, 1.807) is 0 Å². The summed E-state index contributed by atoms with van der Waals surface area (Å²) in [5, 5.41) is 4.87. The van der Waals surface area contributed by atoms with Crippen molar-refractivity contribution in [3.8, 4) is 56.4 Å². The average Bonchev–Trinajstić information content (AvgIpc) is 3.89. The molecule has 2 saturated carbocycles. The highest BCUT2D eigenvalue weighted by Gasteiger charge is 2.47. The fourth-order valence-corrected chi connectivity index (χ4v) is 12.8. The van der Waals surface area contributed by atoms with Crippen LogP contribution in [0.1, 0.15) is 51.8 Å². The number of para-hydroxylation sites is 6. The Balaban J connectivity index is 1.13. The molecule has 5 nitrogen and oxygen atoms in total. The number of hydrogen-bond acceptors (Lipinski definition) is 3. The number of benzene rings is 8. The van der Waals surface area contributed by atoms with Crippen LogP contribution in [0.3, 0.4) is 0 Å². The molecule has 2 bridgehead atoms. The summed E-state index contributed by atoms with van der Waals surface area (Å²) < 4.78 is 4.92. The van der Waals surface area contributed by atoms with E-state index < -0.39 is 0 Å². The van der Waals surface area contributed by atoms with Crippen LogP contribution in [0.15, 0.2) is 194 Å². The van der Waals surface area contributed by atoms with E-state index in [1.807, 2.05) is 0 Å². The summed E-state index contributed by atoms with van der Waals surface area (Å²) in [7, 11) is 0. The van der Waals surface area contributed by atoms with E-state index in [-0.39, 0.29) is 5.41 Å². The lowest BCUT2D eigenvalue weighted by atomic mass is 9.56. The van der Waals surface area contributed by atoms with Crippen molar-refractivity contribution in [2.75, 3.05) is 0 Å². The molecule has 2 fully saturated rings. The van der Waals surface area contributed by atoms with Crippen molar-refractivity contribution in [2.24, 2.45) is 17.8 Å². The molecule has 0 saturated heterocycles. The van der Waals surface area contributed by atoms with Gasteiger partial charge in [0.1, 0.15) is 5.82 Å². The molecule has 67 heavy (non-hydrogen) atoms. The minimum Gasteiger partial charge on any atom is -0.308 e. The topological polar surface area (TPSA) is 48.5 Å². The zero-order valence-corrected chi connectivity index (χ0v) is 38.0. The molecule has 11 aromatic rings. The van der Waals surface area contributed by atoms with Gasteiger partial charge in [-0.1, -0.05) is 172 Å². The van der Waals surface area contributed by atoms with Crippen LogP contribution in [0.5, 0.6) is 0 Å². The monoisotopic (exact) mass is 865 g/mol. The molecule has 0 radical (unpaired) electrons. The maximum absolute atomic E-state index is 5.80. The quantitative estimate of drug-likeness (QED) is 0.160. The van der Waals surface area contributed by atoms with Crippen molar-refractivity contribution in [3.63, 3.8) is 0 Å². The smallest absolute Gasteiger partial charge is 0.165 e. The third-order valence-corrected chi connectivity index (χ3v) is 15.1. The van der Waals surface area contributed by atoms with Crippen LogP contribution < -0.4 is 0 Å². The molecular weight excluding hydrogens is 815 g/mol. The lowest BCUT2D eigenvalue weighted by Crippen LogP contribution is -2.43. The Bertz CT molecular complexity index is 3600. The van der Waals surface area contributed by atoms with Gasteiger partial charge in [0.25, 0.3) is 0 Å². The highest BCUT2D eigenvalue weighted by atomic mass is 15.1. The Kier molecular flexibility index (Phi) is 9.35. The second-order valence-electron chi connectivity index (χ2n) is 19.6. The molecule has 0 N–H and O–H groups in total. The average molecular weight is 866 g/mol. The van der Waals surface area contributed by atoms with Gasteiger partial charge >= 0.3 is 0 Å². The number of aromatic nitrogens is 5. The van der Waals surface area contributed by atoms with E-state index in [0.717, 1.165) is 75.3 Å². The second-order valence-corrected chi connectivity index (χ2v) is 19.6. The standard InChI is InChI=1S/C62H51N5/c1-40-35-42-36-41(2)38-62(37-40,39-42)61-64-59(51-26-12-16-34-56(51)67-55-33-15-11-25-49(55)50-29-17-27-45(57(50)67)43-19-5-3-6-20-43)63-60(65-61)52-30-18-28-46(44-21-7-4-8-22-44)58(52)66-53-31-13-9-23-47(53)48-24-10-14-32-54(48)66/h3-34,40-42H,35-39H2,1-2H3/t40-,41+,42?,62?. The maximum Gasteiger partial charge on any atom is 0.165 e. The van der Waals surface area contributed by atoms with Gasteiger partial charge in [-0.15, -0.1) is 0 Å². The van der Waals surface area contributed by atoms with Gasteiger partial charge in [-0.3, -0.25) is 0 Å². The molecule has 13 rings (SSSR count). The van der Waals surface area contributed by atoms with Gasteiger partial charge in [-0.25, -0.2) is 15.0 Å². The normalized spacial score (nSPS) is 19.4. The second kappa shape index (κ2) is 15.8. The summed E-state index contributed by atoms with van der Waals surface area (Å²) >= 11 is 0. The molecule has 3 heterocycles. The van der Waals surface area contributed by atoms with Crippen molar-refractivity contribution in [1.82, 2.24) is 24.1 Å². The summed E-state index contributed by atoms with van der Waals surface area (Å²) in [4.78, 5) is 17.3. The highest BCUT2D eigenvalue weighted by Crippen LogP contribution is 2.54. The van der Waals surface area contributed by atoms with Crippen LogP contribution in [0.4, 0.5) is 0 Å². The molecule has 4 atom stereocenters. The maximum atomic E-state index is 5.80. The molecule has 2 aliphatic carbocycles. The zero-order valence-electron chi connectivity index (χ0n) is 38.0. The lowest BCUT2D eigenvalue weighted by molar-refractivity contribution is 0.0720. The van der Waals surface area contributed by atoms with Crippen LogP contribution in [0.25, 0.3) is 100 Å². The first-order valence-electron chi connectivity index (χ1n) is 24.1. The third kappa shape index (κ3) is 6.47. The van der Waals surface area contributed by atoms with Gasteiger partial charge < -0.3 is 9.13 Å². The van der Waals surface area contributed by atoms with Crippen LogP contribution in [-0.4, -0.2) is 24.1 Å². The van der Waals surface area contributed by atoms with Gasteiger partial charge in [-0.2, -0.15) is 0 Å². The minimum atomic E-state index is -0.154. The summed E-state index contributed by atoms with van der Waals surface area (Å²) in [6, 6.07) is 70.2. The summed E-state index contributed by atoms with van der Waals surface area (Å²) in [6.07, 6.45) is 5.82. The molecular formula is C62H51N5. The van der Waals surface area contributed by atoms with Crippen molar-refractivity contribution in [2.45, 2.75) is 51.4 Å². The number of rotatable bonds is 7.